The smallest absolute Gasteiger partial charge is 0.234 e. The van der Waals surface area contributed by atoms with E-state index in [0.29, 0.717) is 5.75 Å². The summed E-state index contributed by atoms with van der Waals surface area (Å²) in [5, 5.41) is 12.1. The van der Waals surface area contributed by atoms with E-state index >= 15 is 0 Å². The van der Waals surface area contributed by atoms with Gasteiger partial charge < -0.3 is 5.32 Å². The van der Waals surface area contributed by atoms with Crippen molar-refractivity contribution >= 4 is 49.9 Å². The molecule has 126 valence electrons. The maximum Gasteiger partial charge on any atom is 0.234 e. The first-order valence-corrected chi connectivity index (χ1v) is 9.79. The average molecular weight is 368 g/mol. The van der Waals surface area contributed by atoms with Crippen LogP contribution in [0.15, 0.2) is 53.7 Å². The van der Waals surface area contributed by atoms with Gasteiger partial charge in [0.05, 0.1) is 16.0 Å². The van der Waals surface area contributed by atoms with Crippen LogP contribution in [-0.4, -0.2) is 26.3 Å². The Kier molecular flexibility index (Phi) is 4.42. The van der Waals surface area contributed by atoms with Gasteiger partial charge in [-0.15, -0.1) is 10.2 Å². The zero-order chi connectivity index (χ0) is 17.2. The van der Waals surface area contributed by atoms with Gasteiger partial charge >= 0.3 is 0 Å². The van der Waals surface area contributed by atoms with E-state index in [1.54, 1.807) is 11.3 Å². The van der Waals surface area contributed by atoms with E-state index in [4.69, 9.17) is 0 Å². The molecular weight excluding hydrogens is 352 g/mol. The third-order valence-corrected chi connectivity index (χ3v) is 5.80. The fraction of sp³-hybridized carbons (Fsp3) is 0.167. The summed E-state index contributed by atoms with van der Waals surface area (Å²) in [6.07, 6.45) is 0.946. The number of carbonyl (C=O) groups excluding carboxylic acids is 1. The molecule has 2 aromatic heterocycles. The highest BCUT2D eigenvalue weighted by molar-refractivity contribution is 7.99. The molecule has 0 aliphatic heterocycles. The lowest BCUT2D eigenvalue weighted by molar-refractivity contribution is -0.113. The van der Waals surface area contributed by atoms with E-state index in [1.165, 1.54) is 17.3 Å². The lowest BCUT2D eigenvalue weighted by atomic mass is 10.1. The number of nitrogens with one attached hydrogen (secondary N) is 1. The van der Waals surface area contributed by atoms with Crippen molar-refractivity contribution in [2.24, 2.45) is 0 Å². The number of aryl methyl sites for hydroxylation is 1. The molecule has 4 rings (SSSR count). The second-order valence-corrected chi connectivity index (χ2v) is 7.51. The van der Waals surface area contributed by atoms with Gasteiger partial charge in [-0.1, -0.05) is 54.3 Å². The zero-order valence-corrected chi connectivity index (χ0v) is 15.2. The Labute approximate surface area is 153 Å². The van der Waals surface area contributed by atoms with Crippen molar-refractivity contribution in [3.8, 4) is 0 Å². The van der Waals surface area contributed by atoms with Gasteiger partial charge in [0.2, 0.25) is 10.9 Å². The van der Waals surface area contributed by atoms with E-state index in [2.05, 4.69) is 34.6 Å². The standard InChI is InChI=1S/C18H16N4OS2/c1-2-12-6-5-7-13(10-12)19-16(23)11-24-17-20-21-18-22(17)14-8-3-4-9-15(14)25-18/h3-10H,2,11H2,1H3,(H,19,23). The average Bonchev–Trinajstić information content (AvgIpc) is 3.19. The molecule has 5 nitrogen and oxygen atoms in total. The number of nitrogens with zero attached hydrogens (tertiary/aromatic N) is 3. The second kappa shape index (κ2) is 6.85. The molecule has 0 atom stereocenters. The minimum atomic E-state index is -0.0467. The van der Waals surface area contributed by atoms with Crippen molar-refractivity contribution in [2.45, 2.75) is 18.5 Å². The van der Waals surface area contributed by atoms with Crippen LogP contribution in [-0.2, 0) is 11.2 Å². The summed E-state index contributed by atoms with van der Waals surface area (Å²) >= 11 is 3.00. The van der Waals surface area contributed by atoms with Crippen molar-refractivity contribution < 1.29 is 4.79 Å². The number of amides is 1. The molecular formula is C18H16N4OS2. The Bertz CT molecular complexity index is 1050. The van der Waals surface area contributed by atoms with Crippen molar-refractivity contribution in [1.29, 1.82) is 0 Å². The van der Waals surface area contributed by atoms with Crippen LogP contribution in [0.3, 0.4) is 0 Å². The Hall–Kier alpha value is -2.38. The molecule has 0 radical (unpaired) electrons. The highest BCUT2D eigenvalue weighted by atomic mass is 32.2. The SMILES string of the molecule is CCc1cccc(NC(=O)CSc2nnc3sc4ccccc4n23)c1. The maximum absolute atomic E-state index is 12.3. The lowest BCUT2D eigenvalue weighted by Gasteiger charge is -2.06. The van der Waals surface area contributed by atoms with E-state index in [1.807, 2.05) is 40.8 Å². The van der Waals surface area contributed by atoms with E-state index in [9.17, 15) is 4.79 Å². The number of fused-ring (bicyclic) bond motifs is 3. The van der Waals surface area contributed by atoms with Crippen LogP contribution in [0.4, 0.5) is 5.69 Å². The molecule has 0 aliphatic rings. The predicted octanol–water partition coefficient (Wildman–Crippen LogP) is 4.24. The van der Waals surface area contributed by atoms with Crippen LogP contribution in [0.25, 0.3) is 15.2 Å². The monoisotopic (exact) mass is 368 g/mol. The van der Waals surface area contributed by atoms with Gasteiger partial charge in [0.25, 0.3) is 0 Å². The van der Waals surface area contributed by atoms with Gasteiger partial charge in [0.1, 0.15) is 0 Å². The minimum absolute atomic E-state index is 0.0467. The topological polar surface area (TPSA) is 59.3 Å². The first-order valence-electron chi connectivity index (χ1n) is 7.99. The lowest BCUT2D eigenvalue weighted by Crippen LogP contribution is -2.14. The molecule has 0 fully saturated rings. The number of rotatable bonds is 5. The normalized spacial score (nSPS) is 11.2. The second-order valence-electron chi connectivity index (χ2n) is 5.56. The molecule has 0 unspecified atom stereocenters. The van der Waals surface area contributed by atoms with Crippen molar-refractivity contribution in [1.82, 2.24) is 14.6 Å². The molecule has 4 aromatic rings. The molecule has 7 heteroatoms. The number of carbonyl (C=O) groups is 1. The zero-order valence-electron chi connectivity index (χ0n) is 13.6. The van der Waals surface area contributed by atoms with Crippen LogP contribution in [0.5, 0.6) is 0 Å². The number of anilines is 1. The van der Waals surface area contributed by atoms with Gasteiger partial charge in [-0.2, -0.15) is 0 Å². The van der Waals surface area contributed by atoms with Crippen molar-refractivity contribution in [3.05, 3.63) is 54.1 Å². The van der Waals surface area contributed by atoms with E-state index in [0.717, 1.165) is 32.4 Å². The van der Waals surface area contributed by atoms with Crippen LogP contribution in [0.1, 0.15) is 12.5 Å². The summed E-state index contributed by atoms with van der Waals surface area (Å²) in [5.41, 5.74) is 3.11. The number of thioether (sulfide) groups is 1. The van der Waals surface area contributed by atoms with Gasteiger partial charge in [-0.25, -0.2) is 0 Å². The largest absolute Gasteiger partial charge is 0.325 e. The molecule has 25 heavy (non-hydrogen) atoms. The number of aromatic nitrogens is 3. The highest BCUT2D eigenvalue weighted by Crippen LogP contribution is 2.29. The van der Waals surface area contributed by atoms with Crippen LogP contribution in [0.2, 0.25) is 0 Å². The van der Waals surface area contributed by atoms with Crippen LogP contribution in [0, 0.1) is 0 Å². The number of benzene rings is 2. The Balaban J connectivity index is 1.49. The third kappa shape index (κ3) is 3.25. The summed E-state index contributed by atoms with van der Waals surface area (Å²) in [7, 11) is 0. The molecule has 0 saturated heterocycles. The quantitative estimate of drug-likeness (QED) is 0.535. The third-order valence-electron chi connectivity index (χ3n) is 3.86. The molecule has 2 heterocycles. The minimum Gasteiger partial charge on any atom is -0.325 e. The van der Waals surface area contributed by atoms with Crippen LogP contribution >= 0.6 is 23.1 Å². The number of thiazole rings is 1. The molecule has 1 N–H and O–H groups in total. The number of hydrogen-bond donors (Lipinski definition) is 1. The summed E-state index contributed by atoms with van der Waals surface area (Å²) < 4.78 is 3.17. The predicted molar refractivity (Wildman–Crippen MR) is 104 cm³/mol. The van der Waals surface area contributed by atoms with Crippen LogP contribution < -0.4 is 5.32 Å². The Morgan fingerprint density at radius 1 is 1.20 bits per heavy atom. The molecule has 0 aliphatic carbocycles. The number of hydrogen-bond acceptors (Lipinski definition) is 5. The fourth-order valence-corrected chi connectivity index (χ4v) is 4.41. The summed E-state index contributed by atoms with van der Waals surface area (Å²) in [4.78, 5) is 13.1. The van der Waals surface area contributed by atoms with Gasteiger partial charge in [0, 0.05) is 5.69 Å². The highest BCUT2D eigenvalue weighted by Gasteiger charge is 2.14. The summed E-state index contributed by atoms with van der Waals surface area (Å²) in [5.74, 6) is 0.246. The van der Waals surface area contributed by atoms with Gasteiger partial charge in [-0.3, -0.25) is 9.20 Å². The Morgan fingerprint density at radius 3 is 2.96 bits per heavy atom. The Morgan fingerprint density at radius 2 is 2.08 bits per heavy atom. The van der Waals surface area contributed by atoms with E-state index in [-0.39, 0.29) is 5.91 Å². The molecule has 2 aromatic carbocycles. The molecule has 1 amide bonds. The molecule has 0 spiro atoms. The first-order chi connectivity index (χ1) is 12.2. The van der Waals surface area contributed by atoms with Gasteiger partial charge in [-0.05, 0) is 36.2 Å². The molecule has 0 bridgehead atoms. The summed E-state index contributed by atoms with van der Waals surface area (Å²) in [6.45, 7) is 2.10. The number of para-hydroxylation sites is 1. The van der Waals surface area contributed by atoms with Crippen molar-refractivity contribution in [2.75, 3.05) is 11.1 Å². The van der Waals surface area contributed by atoms with Gasteiger partial charge in [0.15, 0.2) is 5.16 Å². The fourth-order valence-electron chi connectivity index (χ4n) is 2.65. The maximum atomic E-state index is 12.3. The van der Waals surface area contributed by atoms with E-state index < -0.39 is 0 Å². The van der Waals surface area contributed by atoms with Crippen molar-refractivity contribution in [3.63, 3.8) is 0 Å². The first kappa shape index (κ1) is 16.1. The summed E-state index contributed by atoms with van der Waals surface area (Å²) in [6, 6.07) is 16.0. The molecule has 0 saturated carbocycles.